The quantitative estimate of drug-likeness (QED) is 0.545. The van der Waals surface area contributed by atoms with Crippen molar-refractivity contribution in [1.82, 2.24) is 9.78 Å². The first kappa shape index (κ1) is 19.8. The van der Waals surface area contributed by atoms with Gasteiger partial charge in [0.05, 0.1) is 17.8 Å². The molecule has 2 aliphatic rings. The Hall–Kier alpha value is -3.12. The Kier molecular flexibility index (Phi) is 5.02. The second kappa shape index (κ2) is 7.85. The van der Waals surface area contributed by atoms with Crippen LogP contribution in [0, 0.1) is 5.92 Å². The van der Waals surface area contributed by atoms with E-state index in [2.05, 4.69) is 10.4 Å². The van der Waals surface area contributed by atoms with Crippen LogP contribution in [0.25, 0.3) is 11.1 Å². The van der Waals surface area contributed by atoms with Crippen molar-refractivity contribution in [2.75, 3.05) is 5.32 Å². The van der Waals surface area contributed by atoms with E-state index in [-0.39, 0.29) is 23.3 Å². The Balaban J connectivity index is 1.32. The number of aromatic nitrogens is 2. The number of carbonyl (C=O) groups is 2. The minimum Gasteiger partial charge on any atom is -0.478 e. The van der Waals surface area contributed by atoms with Crippen LogP contribution in [-0.2, 0) is 4.79 Å². The summed E-state index contributed by atoms with van der Waals surface area (Å²) in [4.78, 5) is 24.6. The molecular formula is C24H22ClN3O3. The number of nitrogens with one attached hydrogen (secondary N) is 1. The van der Waals surface area contributed by atoms with Gasteiger partial charge in [-0.05, 0) is 67.0 Å². The lowest BCUT2D eigenvalue weighted by atomic mass is 9.93. The molecule has 0 bridgehead atoms. The topological polar surface area (TPSA) is 84.2 Å². The van der Waals surface area contributed by atoms with Gasteiger partial charge >= 0.3 is 5.97 Å². The highest BCUT2D eigenvalue weighted by Crippen LogP contribution is 2.48. The molecule has 2 fully saturated rings. The molecular weight excluding hydrogens is 414 g/mol. The smallest absolute Gasteiger partial charge is 0.336 e. The number of anilines is 1. The highest BCUT2D eigenvalue weighted by molar-refractivity contribution is 6.30. The summed E-state index contributed by atoms with van der Waals surface area (Å²) in [5, 5.41) is 17.7. The second-order valence-corrected chi connectivity index (χ2v) is 8.79. The van der Waals surface area contributed by atoms with E-state index < -0.39 is 5.97 Å². The fourth-order valence-electron chi connectivity index (χ4n) is 4.18. The average Bonchev–Trinajstić information content (AvgIpc) is 3.38. The normalized spacial score (nSPS) is 20.2. The summed E-state index contributed by atoms with van der Waals surface area (Å²) in [5.74, 6) is -1.07. The van der Waals surface area contributed by atoms with Gasteiger partial charge in [0.25, 0.3) is 0 Å². The molecule has 3 aromatic rings. The van der Waals surface area contributed by atoms with Crippen LogP contribution in [0.1, 0.15) is 53.6 Å². The van der Waals surface area contributed by atoms with Gasteiger partial charge in [-0.1, -0.05) is 29.8 Å². The van der Waals surface area contributed by atoms with Crippen molar-refractivity contribution in [3.8, 4) is 11.1 Å². The van der Waals surface area contributed by atoms with Crippen LogP contribution in [0.4, 0.5) is 5.69 Å². The summed E-state index contributed by atoms with van der Waals surface area (Å²) >= 11 is 5.93. The molecule has 2 N–H and O–H groups in total. The second-order valence-electron chi connectivity index (χ2n) is 8.35. The zero-order valence-corrected chi connectivity index (χ0v) is 17.5. The van der Waals surface area contributed by atoms with Crippen molar-refractivity contribution in [3.63, 3.8) is 0 Å². The Morgan fingerprint density at radius 1 is 1.13 bits per heavy atom. The van der Waals surface area contributed by atoms with Crippen LogP contribution in [-0.4, -0.2) is 26.8 Å². The van der Waals surface area contributed by atoms with Crippen LogP contribution in [0.3, 0.4) is 0 Å². The number of amides is 1. The summed E-state index contributed by atoms with van der Waals surface area (Å²) in [6, 6.07) is 13.0. The molecule has 31 heavy (non-hydrogen) atoms. The van der Waals surface area contributed by atoms with Gasteiger partial charge in [-0.3, -0.25) is 9.48 Å². The summed E-state index contributed by atoms with van der Waals surface area (Å²) in [6.07, 6.45) is 7.81. The van der Waals surface area contributed by atoms with Crippen molar-refractivity contribution in [1.29, 1.82) is 0 Å². The van der Waals surface area contributed by atoms with E-state index in [0.29, 0.717) is 22.3 Å². The summed E-state index contributed by atoms with van der Waals surface area (Å²) in [6.45, 7) is 0. The van der Waals surface area contributed by atoms with E-state index in [0.717, 1.165) is 30.4 Å². The minimum atomic E-state index is -1.03. The molecule has 2 saturated carbocycles. The van der Waals surface area contributed by atoms with Crippen molar-refractivity contribution < 1.29 is 14.7 Å². The molecule has 7 heteroatoms. The van der Waals surface area contributed by atoms with Gasteiger partial charge in [-0.25, -0.2) is 4.79 Å². The van der Waals surface area contributed by atoms with Gasteiger partial charge in [0, 0.05) is 28.4 Å². The van der Waals surface area contributed by atoms with E-state index in [1.807, 2.05) is 35.1 Å². The predicted molar refractivity (Wildman–Crippen MR) is 118 cm³/mol. The lowest BCUT2D eigenvalue weighted by molar-refractivity contribution is -0.117. The van der Waals surface area contributed by atoms with E-state index >= 15 is 0 Å². The third-order valence-electron chi connectivity index (χ3n) is 6.30. The van der Waals surface area contributed by atoms with E-state index in [9.17, 15) is 14.7 Å². The molecule has 0 saturated heterocycles. The van der Waals surface area contributed by atoms with Crippen molar-refractivity contribution in [3.05, 3.63) is 71.0 Å². The number of hydrogen-bond acceptors (Lipinski definition) is 3. The summed E-state index contributed by atoms with van der Waals surface area (Å²) < 4.78 is 1.92. The van der Waals surface area contributed by atoms with E-state index in [1.54, 1.807) is 18.3 Å². The zero-order chi connectivity index (χ0) is 21.5. The first-order chi connectivity index (χ1) is 15.0. The Bertz CT molecular complexity index is 1150. The summed E-state index contributed by atoms with van der Waals surface area (Å²) in [5.41, 5.74) is 3.10. The molecule has 158 valence electrons. The first-order valence-electron chi connectivity index (χ1n) is 10.5. The molecule has 6 nitrogen and oxygen atoms in total. The first-order valence-corrected chi connectivity index (χ1v) is 10.9. The van der Waals surface area contributed by atoms with Crippen LogP contribution in [0.15, 0.2) is 54.9 Å². The Morgan fingerprint density at radius 2 is 1.90 bits per heavy atom. The maximum Gasteiger partial charge on any atom is 0.336 e. The molecule has 0 radical (unpaired) electrons. The molecule has 0 aliphatic heterocycles. The highest BCUT2D eigenvalue weighted by Gasteiger charge is 2.43. The van der Waals surface area contributed by atoms with E-state index in [1.165, 1.54) is 12.5 Å². The van der Waals surface area contributed by atoms with Crippen LogP contribution >= 0.6 is 11.6 Å². The van der Waals surface area contributed by atoms with Gasteiger partial charge in [0.1, 0.15) is 0 Å². The van der Waals surface area contributed by atoms with Crippen LogP contribution in [0.2, 0.25) is 5.02 Å². The monoisotopic (exact) mass is 435 g/mol. The molecule has 0 spiro atoms. The zero-order valence-electron chi connectivity index (χ0n) is 16.8. The van der Waals surface area contributed by atoms with Gasteiger partial charge < -0.3 is 10.4 Å². The largest absolute Gasteiger partial charge is 0.478 e. The lowest BCUT2D eigenvalue weighted by Gasteiger charge is -2.25. The van der Waals surface area contributed by atoms with Crippen LogP contribution < -0.4 is 5.32 Å². The maximum absolute atomic E-state index is 12.7. The Labute approximate surface area is 184 Å². The Morgan fingerprint density at radius 3 is 2.58 bits per heavy atom. The van der Waals surface area contributed by atoms with E-state index in [4.69, 9.17) is 11.6 Å². The number of carboxylic acid groups (broad SMARTS) is 1. The third kappa shape index (κ3) is 3.95. The predicted octanol–water partition coefficient (Wildman–Crippen LogP) is 5.37. The number of benzene rings is 2. The molecule has 1 amide bonds. The van der Waals surface area contributed by atoms with Crippen molar-refractivity contribution in [2.45, 2.75) is 37.6 Å². The number of carbonyl (C=O) groups excluding carboxylic acids is 1. The van der Waals surface area contributed by atoms with Crippen molar-refractivity contribution in [2.24, 2.45) is 5.92 Å². The molecule has 2 atom stereocenters. The fourth-order valence-corrected chi connectivity index (χ4v) is 4.30. The van der Waals surface area contributed by atoms with Gasteiger partial charge in [0.2, 0.25) is 5.91 Å². The number of aromatic carboxylic acids is 1. The average molecular weight is 436 g/mol. The molecule has 2 aliphatic carbocycles. The van der Waals surface area contributed by atoms with Gasteiger partial charge in [-0.15, -0.1) is 0 Å². The van der Waals surface area contributed by atoms with Gasteiger partial charge in [0.15, 0.2) is 0 Å². The fraction of sp³-hybridized carbons (Fsp3) is 0.292. The standard InChI is InChI=1S/C24H22ClN3O3/c25-16-6-4-14(5-7-16)20-11-21(20)23(29)27-17-8-9-19(22(10-17)24(30)31)15-12-26-28(13-15)18-2-1-3-18/h4-10,12-13,18,20-21H,1-3,11H2,(H,27,29)(H,30,31). The molecule has 2 aromatic carbocycles. The molecule has 5 rings (SSSR count). The molecule has 1 aromatic heterocycles. The van der Waals surface area contributed by atoms with Crippen LogP contribution in [0.5, 0.6) is 0 Å². The SMILES string of the molecule is O=C(O)c1cc(NC(=O)C2CC2c2ccc(Cl)cc2)ccc1-c1cnn(C2CCC2)c1. The number of nitrogens with zero attached hydrogens (tertiary/aromatic N) is 2. The minimum absolute atomic E-state index is 0.0955. The number of carboxylic acids is 1. The number of rotatable bonds is 6. The summed E-state index contributed by atoms with van der Waals surface area (Å²) in [7, 11) is 0. The maximum atomic E-state index is 12.7. The lowest BCUT2D eigenvalue weighted by Crippen LogP contribution is -2.17. The molecule has 2 unspecified atom stereocenters. The van der Waals surface area contributed by atoms with Gasteiger partial charge in [-0.2, -0.15) is 5.10 Å². The number of halogens is 1. The molecule has 1 heterocycles. The number of hydrogen-bond donors (Lipinski definition) is 2. The third-order valence-corrected chi connectivity index (χ3v) is 6.56. The highest BCUT2D eigenvalue weighted by atomic mass is 35.5. The van der Waals surface area contributed by atoms with Crippen molar-refractivity contribution >= 4 is 29.2 Å².